The second-order valence-corrected chi connectivity index (χ2v) is 10.9. The van der Waals surface area contributed by atoms with E-state index in [1.165, 1.54) is 23.6 Å². The van der Waals surface area contributed by atoms with E-state index in [0.29, 0.717) is 12.2 Å². The molecule has 9 heteroatoms. The Bertz CT molecular complexity index is 1050. The Morgan fingerprint density at radius 1 is 1.06 bits per heavy atom. The summed E-state index contributed by atoms with van der Waals surface area (Å²) >= 11 is 0. The fourth-order valence-corrected chi connectivity index (χ4v) is 5.98. The van der Waals surface area contributed by atoms with Crippen LogP contribution in [0.5, 0.6) is 0 Å². The lowest BCUT2D eigenvalue weighted by molar-refractivity contribution is 0.251. The molecule has 33 heavy (non-hydrogen) atoms. The van der Waals surface area contributed by atoms with Crippen molar-refractivity contribution in [3.63, 3.8) is 0 Å². The van der Waals surface area contributed by atoms with Crippen LogP contribution in [0.25, 0.3) is 0 Å². The van der Waals surface area contributed by atoms with Crippen molar-refractivity contribution < 1.29 is 13.2 Å². The summed E-state index contributed by atoms with van der Waals surface area (Å²) < 4.78 is 27.4. The minimum absolute atomic E-state index is 0.0616. The normalized spacial score (nSPS) is 17.3. The molecule has 178 valence electrons. The number of sulfonamides is 1. The highest BCUT2D eigenvalue weighted by Crippen LogP contribution is 2.27. The third-order valence-electron chi connectivity index (χ3n) is 6.57. The molecule has 2 aromatic rings. The van der Waals surface area contributed by atoms with Gasteiger partial charge in [-0.1, -0.05) is 19.3 Å². The summed E-state index contributed by atoms with van der Waals surface area (Å²) in [5.74, 6) is 0.946. The molecule has 0 atom stereocenters. The topological polar surface area (TPSA) is 94.6 Å². The van der Waals surface area contributed by atoms with Gasteiger partial charge in [0, 0.05) is 44.6 Å². The number of benzene rings is 1. The molecule has 1 saturated heterocycles. The Morgan fingerprint density at radius 3 is 2.45 bits per heavy atom. The summed E-state index contributed by atoms with van der Waals surface area (Å²) in [6.07, 6.45) is 9.27. The van der Waals surface area contributed by atoms with Crippen molar-refractivity contribution >= 4 is 27.6 Å². The monoisotopic (exact) mass is 471 g/mol. The van der Waals surface area contributed by atoms with Crippen molar-refractivity contribution in [3.8, 4) is 0 Å². The molecule has 0 unspecified atom stereocenters. The van der Waals surface area contributed by atoms with Crippen LogP contribution in [0.15, 0.2) is 47.5 Å². The Balaban J connectivity index is 1.31. The second kappa shape index (κ2) is 10.5. The molecule has 1 aromatic carbocycles. The number of urea groups is 1. The van der Waals surface area contributed by atoms with Crippen molar-refractivity contribution in [2.45, 2.75) is 62.4 Å². The lowest BCUT2D eigenvalue weighted by atomic mass is 9.96. The van der Waals surface area contributed by atoms with Crippen molar-refractivity contribution in [2.24, 2.45) is 0 Å². The molecule has 1 aliphatic heterocycles. The van der Waals surface area contributed by atoms with Gasteiger partial charge >= 0.3 is 6.03 Å². The predicted molar refractivity (Wildman–Crippen MR) is 130 cm³/mol. The van der Waals surface area contributed by atoms with E-state index in [-0.39, 0.29) is 17.0 Å². The predicted octanol–water partition coefficient (Wildman–Crippen LogP) is 3.96. The third kappa shape index (κ3) is 5.83. The van der Waals surface area contributed by atoms with Crippen LogP contribution < -0.4 is 15.5 Å². The maximum atomic E-state index is 13.0. The molecule has 8 nitrogen and oxygen atoms in total. The molecule has 0 spiro atoms. The van der Waals surface area contributed by atoms with Crippen LogP contribution in [-0.2, 0) is 16.6 Å². The summed E-state index contributed by atoms with van der Waals surface area (Å²) in [5.41, 5.74) is 1.52. The molecule has 2 N–H and O–H groups in total. The number of hydrogen-bond acceptors (Lipinski definition) is 5. The van der Waals surface area contributed by atoms with Gasteiger partial charge in [0.15, 0.2) is 0 Å². The standard InChI is InChI=1S/C24H33N5O3S/c1-28(21-7-3-2-4-8-21)33(31,32)22-11-9-20(10-12-22)27-24(30)26-18-19-13-14-25-23(17-19)29-15-5-6-16-29/h9-14,17,21H,2-8,15-16,18H2,1H3,(H2,26,27,30). The van der Waals surface area contributed by atoms with Crippen LogP contribution in [0, 0.1) is 0 Å². The lowest BCUT2D eigenvalue weighted by Crippen LogP contribution is -2.38. The van der Waals surface area contributed by atoms with Crippen molar-refractivity contribution in [1.29, 1.82) is 0 Å². The lowest BCUT2D eigenvalue weighted by Gasteiger charge is -2.30. The maximum absolute atomic E-state index is 13.0. The molecular weight excluding hydrogens is 438 g/mol. The van der Waals surface area contributed by atoms with E-state index in [1.807, 2.05) is 12.1 Å². The second-order valence-electron chi connectivity index (χ2n) is 8.86. The van der Waals surface area contributed by atoms with Crippen LogP contribution in [0.3, 0.4) is 0 Å². The number of nitrogens with one attached hydrogen (secondary N) is 2. The van der Waals surface area contributed by atoms with E-state index in [1.54, 1.807) is 37.5 Å². The fourth-order valence-electron chi connectivity index (χ4n) is 4.56. The first-order valence-corrected chi connectivity index (χ1v) is 13.2. The third-order valence-corrected chi connectivity index (χ3v) is 8.50. The van der Waals surface area contributed by atoms with Crippen molar-refractivity contribution in [2.75, 3.05) is 30.4 Å². The first-order valence-electron chi connectivity index (χ1n) is 11.8. The van der Waals surface area contributed by atoms with Gasteiger partial charge in [0.1, 0.15) is 5.82 Å². The van der Waals surface area contributed by atoms with Gasteiger partial charge in [-0.25, -0.2) is 18.2 Å². The zero-order chi connectivity index (χ0) is 23.3. The largest absolute Gasteiger partial charge is 0.357 e. The number of rotatable bonds is 7. The van der Waals surface area contributed by atoms with Crippen LogP contribution >= 0.6 is 0 Å². The number of hydrogen-bond donors (Lipinski definition) is 2. The summed E-state index contributed by atoms with van der Waals surface area (Å²) in [4.78, 5) is 19.3. The minimum Gasteiger partial charge on any atom is -0.357 e. The highest BCUT2D eigenvalue weighted by atomic mass is 32.2. The first kappa shape index (κ1) is 23.5. The number of carbonyl (C=O) groups is 1. The van der Waals surface area contributed by atoms with E-state index in [2.05, 4.69) is 20.5 Å². The summed E-state index contributed by atoms with van der Waals surface area (Å²) in [7, 11) is -1.88. The van der Waals surface area contributed by atoms with Crippen LogP contribution in [-0.4, -0.2) is 49.9 Å². The van der Waals surface area contributed by atoms with Gasteiger partial charge < -0.3 is 15.5 Å². The average Bonchev–Trinajstić information content (AvgIpc) is 3.39. The molecule has 4 rings (SSSR count). The van der Waals surface area contributed by atoms with E-state index >= 15 is 0 Å². The quantitative estimate of drug-likeness (QED) is 0.638. The molecule has 1 aromatic heterocycles. The summed E-state index contributed by atoms with van der Waals surface area (Å²) in [6.45, 7) is 2.42. The van der Waals surface area contributed by atoms with Gasteiger partial charge in [0.05, 0.1) is 4.90 Å². The zero-order valence-electron chi connectivity index (χ0n) is 19.2. The Morgan fingerprint density at radius 2 is 1.76 bits per heavy atom. The number of amides is 2. The molecule has 2 aliphatic rings. The minimum atomic E-state index is -3.55. The average molecular weight is 472 g/mol. The summed E-state index contributed by atoms with van der Waals surface area (Å²) in [5, 5.41) is 5.62. The van der Waals surface area contributed by atoms with Gasteiger partial charge in [-0.2, -0.15) is 4.31 Å². The van der Waals surface area contributed by atoms with E-state index < -0.39 is 10.0 Å². The van der Waals surface area contributed by atoms with E-state index in [9.17, 15) is 13.2 Å². The molecule has 1 aliphatic carbocycles. The number of nitrogens with zero attached hydrogens (tertiary/aromatic N) is 3. The summed E-state index contributed by atoms with van der Waals surface area (Å²) in [6, 6.07) is 9.97. The van der Waals surface area contributed by atoms with Crippen molar-refractivity contribution in [1.82, 2.24) is 14.6 Å². The first-order chi connectivity index (χ1) is 15.9. The van der Waals surface area contributed by atoms with Gasteiger partial charge in [0.25, 0.3) is 0 Å². The van der Waals surface area contributed by atoms with Gasteiger partial charge in [0.2, 0.25) is 10.0 Å². The zero-order valence-corrected chi connectivity index (χ0v) is 20.0. The number of aromatic nitrogens is 1. The van der Waals surface area contributed by atoms with Crippen LogP contribution in [0.1, 0.15) is 50.5 Å². The molecule has 2 fully saturated rings. The number of anilines is 2. The molecule has 0 bridgehead atoms. The number of carbonyl (C=O) groups excluding carboxylic acids is 1. The van der Waals surface area contributed by atoms with Gasteiger partial charge in [-0.05, 0) is 67.6 Å². The van der Waals surface area contributed by atoms with Crippen molar-refractivity contribution in [3.05, 3.63) is 48.2 Å². The molecule has 2 heterocycles. The molecule has 1 saturated carbocycles. The smallest absolute Gasteiger partial charge is 0.319 e. The van der Waals surface area contributed by atoms with E-state index in [0.717, 1.165) is 50.2 Å². The molecular formula is C24H33N5O3S. The van der Waals surface area contributed by atoms with Gasteiger partial charge in [-0.3, -0.25) is 0 Å². The highest BCUT2D eigenvalue weighted by Gasteiger charge is 2.29. The van der Waals surface area contributed by atoms with Crippen LogP contribution in [0.4, 0.5) is 16.3 Å². The Labute approximate surface area is 196 Å². The fraction of sp³-hybridized carbons (Fsp3) is 0.500. The van der Waals surface area contributed by atoms with Gasteiger partial charge in [-0.15, -0.1) is 0 Å². The van der Waals surface area contributed by atoms with Crippen LogP contribution in [0.2, 0.25) is 0 Å². The Kier molecular flexibility index (Phi) is 7.49. The highest BCUT2D eigenvalue weighted by molar-refractivity contribution is 7.89. The maximum Gasteiger partial charge on any atom is 0.319 e. The Hall–Kier alpha value is -2.65. The molecule has 0 radical (unpaired) electrons. The van der Waals surface area contributed by atoms with E-state index in [4.69, 9.17) is 0 Å². The number of pyridine rings is 1. The SMILES string of the molecule is CN(C1CCCCC1)S(=O)(=O)c1ccc(NC(=O)NCc2ccnc(N3CCCC3)c2)cc1. The molecule has 2 amide bonds.